The Balaban J connectivity index is 3.14. The van der Waals surface area contributed by atoms with Gasteiger partial charge < -0.3 is 14.6 Å². The normalized spacial score (nSPS) is 9.62. The smallest absolute Gasteiger partial charge is 0.338 e. The number of aromatic hydroxyl groups is 1. The van der Waals surface area contributed by atoms with Crippen molar-refractivity contribution in [2.45, 2.75) is 6.92 Å². The van der Waals surface area contributed by atoms with Crippen molar-refractivity contribution in [3.05, 3.63) is 35.9 Å². The fourth-order valence-corrected chi connectivity index (χ4v) is 1.29. The minimum Gasteiger partial charge on any atom is -0.508 e. The van der Waals surface area contributed by atoms with Crippen molar-refractivity contribution in [1.82, 2.24) is 0 Å². The third-order valence-corrected chi connectivity index (χ3v) is 2.11. The Morgan fingerprint density at radius 3 is 2.81 bits per heavy atom. The summed E-state index contributed by atoms with van der Waals surface area (Å²) in [6.45, 7) is 5.56. The van der Waals surface area contributed by atoms with Gasteiger partial charge in [0.05, 0.1) is 12.7 Å². The number of hydrogen-bond acceptors (Lipinski definition) is 4. The maximum Gasteiger partial charge on any atom is 0.338 e. The van der Waals surface area contributed by atoms with Gasteiger partial charge in [-0.05, 0) is 13.0 Å². The second-order valence-electron chi connectivity index (χ2n) is 3.21. The highest BCUT2D eigenvalue weighted by Gasteiger charge is 2.14. The van der Waals surface area contributed by atoms with E-state index in [0.717, 1.165) is 0 Å². The molecule has 0 spiro atoms. The number of carbonyl (C=O) groups is 1. The first kappa shape index (κ1) is 12.1. The Morgan fingerprint density at radius 2 is 2.25 bits per heavy atom. The lowest BCUT2D eigenvalue weighted by Gasteiger charge is -2.11. The zero-order chi connectivity index (χ0) is 12.1. The molecule has 0 bridgehead atoms. The van der Waals surface area contributed by atoms with Crippen LogP contribution in [0.4, 0.5) is 0 Å². The van der Waals surface area contributed by atoms with Crippen molar-refractivity contribution in [2.75, 3.05) is 13.7 Å². The van der Waals surface area contributed by atoms with Gasteiger partial charge in [0.1, 0.15) is 18.1 Å². The Hall–Kier alpha value is -1.97. The van der Waals surface area contributed by atoms with Gasteiger partial charge in [0, 0.05) is 11.6 Å². The molecule has 86 valence electrons. The highest BCUT2D eigenvalue weighted by Crippen LogP contribution is 2.28. The van der Waals surface area contributed by atoms with Crippen LogP contribution in [-0.2, 0) is 4.74 Å². The molecule has 1 aromatic rings. The molecular weight excluding hydrogens is 208 g/mol. The van der Waals surface area contributed by atoms with E-state index in [1.54, 1.807) is 13.0 Å². The van der Waals surface area contributed by atoms with Crippen molar-refractivity contribution in [3.8, 4) is 11.5 Å². The molecule has 1 rings (SSSR count). The third-order valence-electron chi connectivity index (χ3n) is 2.11. The molecule has 1 N–H and O–H groups in total. The molecule has 4 heteroatoms. The van der Waals surface area contributed by atoms with Crippen LogP contribution in [0.1, 0.15) is 15.9 Å². The summed E-state index contributed by atoms with van der Waals surface area (Å²) in [5.74, 6) is -0.0952. The van der Waals surface area contributed by atoms with E-state index >= 15 is 0 Å². The first-order valence-electron chi connectivity index (χ1n) is 4.75. The van der Waals surface area contributed by atoms with Gasteiger partial charge in [0.2, 0.25) is 0 Å². The monoisotopic (exact) mass is 222 g/mol. The molecule has 0 unspecified atom stereocenters. The maximum atomic E-state index is 11.4. The quantitative estimate of drug-likeness (QED) is 0.625. The van der Waals surface area contributed by atoms with Crippen molar-refractivity contribution < 1.29 is 19.4 Å². The number of phenolic OH excluding ortho intramolecular Hbond substituents is 1. The van der Waals surface area contributed by atoms with Gasteiger partial charge in [-0.3, -0.25) is 0 Å². The molecule has 0 aliphatic heterocycles. The van der Waals surface area contributed by atoms with Crippen LogP contribution in [0, 0.1) is 6.92 Å². The van der Waals surface area contributed by atoms with Crippen LogP contribution < -0.4 is 4.74 Å². The number of hydrogen-bond donors (Lipinski definition) is 1. The largest absolute Gasteiger partial charge is 0.508 e. The van der Waals surface area contributed by atoms with Crippen LogP contribution in [-0.4, -0.2) is 24.8 Å². The standard InChI is InChI=1S/C12H14O4/c1-4-5-16-11-7-9(13)6-10(8(11)2)12(14)15-3/h4,6-7,13H,1,5H2,2-3H3. The SMILES string of the molecule is C=CCOc1cc(O)cc(C(=O)OC)c1C. The molecule has 4 nitrogen and oxygen atoms in total. The molecule has 0 saturated carbocycles. The minimum atomic E-state index is -0.503. The molecule has 0 aliphatic rings. The van der Waals surface area contributed by atoms with Crippen LogP contribution in [0.15, 0.2) is 24.8 Å². The molecule has 0 atom stereocenters. The lowest BCUT2D eigenvalue weighted by Crippen LogP contribution is -2.06. The van der Waals surface area contributed by atoms with Gasteiger partial charge in [-0.25, -0.2) is 4.79 Å². The van der Waals surface area contributed by atoms with E-state index < -0.39 is 5.97 Å². The highest BCUT2D eigenvalue weighted by molar-refractivity contribution is 5.92. The predicted octanol–water partition coefficient (Wildman–Crippen LogP) is 2.05. The maximum absolute atomic E-state index is 11.4. The average molecular weight is 222 g/mol. The van der Waals surface area contributed by atoms with E-state index in [4.69, 9.17) is 4.74 Å². The second kappa shape index (κ2) is 5.21. The van der Waals surface area contributed by atoms with Gasteiger partial charge in [-0.1, -0.05) is 12.7 Å². The summed E-state index contributed by atoms with van der Waals surface area (Å²) in [5.41, 5.74) is 0.924. The van der Waals surface area contributed by atoms with Crippen molar-refractivity contribution in [2.24, 2.45) is 0 Å². The molecule has 0 aromatic heterocycles. The summed E-state index contributed by atoms with van der Waals surface area (Å²) in [4.78, 5) is 11.4. The number of ether oxygens (including phenoxy) is 2. The summed E-state index contributed by atoms with van der Waals surface area (Å²) >= 11 is 0. The zero-order valence-electron chi connectivity index (χ0n) is 9.32. The molecule has 0 amide bonds. The molecule has 0 saturated heterocycles. The fourth-order valence-electron chi connectivity index (χ4n) is 1.29. The van der Waals surface area contributed by atoms with Gasteiger partial charge in [0.25, 0.3) is 0 Å². The summed E-state index contributed by atoms with van der Waals surface area (Å²) < 4.78 is 9.92. The Kier molecular flexibility index (Phi) is 3.94. The Labute approximate surface area is 94.1 Å². The molecule has 0 radical (unpaired) electrons. The number of carbonyl (C=O) groups excluding carboxylic acids is 1. The second-order valence-corrected chi connectivity index (χ2v) is 3.21. The van der Waals surface area contributed by atoms with Crippen molar-refractivity contribution in [1.29, 1.82) is 0 Å². The van der Waals surface area contributed by atoms with E-state index in [0.29, 0.717) is 23.5 Å². The predicted molar refractivity (Wildman–Crippen MR) is 59.9 cm³/mol. The molecule has 0 fully saturated rings. The van der Waals surface area contributed by atoms with Gasteiger partial charge >= 0.3 is 5.97 Å². The van der Waals surface area contributed by atoms with Gasteiger partial charge in [-0.15, -0.1) is 0 Å². The van der Waals surface area contributed by atoms with E-state index in [2.05, 4.69) is 11.3 Å². The summed E-state index contributed by atoms with van der Waals surface area (Å²) in [5, 5.41) is 9.45. The fraction of sp³-hybridized carbons (Fsp3) is 0.250. The van der Waals surface area contributed by atoms with E-state index in [1.807, 2.05) is 0 Å². The summed E-state index contributed by atoms with van der Waals surface area (Å²) in [6.07, 6.45) is 1.58. The van der Waals surface area contributed by atoms with Crippen molar-refractivity contribution >= 4 is 5.97 Å². The Morgan fingerprint density at radius 1 is 1.56 bits per heavy atom. The van der Waals surface area contributed by atoms with Gasteiger partial charge in [0.15, 0.2) is 0 Å². The van der Waals surface area contributed by atoms with Gasteiger partial charge in [-0.2, -0.15) is 0 Å². The van der Waals surface area contributed by atoms with Crippen LogP contribution in [0.2, 0.25) is 0 Å². The van der Waals surface area contributed by atoms with Crippen molar-refractivity contribution in [3.63, 3.8) is 0 Å². The van der Waals surface area contributed by atoms with Crippen LogP contribution in [0.25, 0.3) is 0 Å². The highest BCUT2D eigenvalue weighted by atomic mass is 16.5. The molecule has 0 heterocycles. The Bertz CT molecular complexity index is 410. The summed E-state index contributed by atoms with van der Waals surface area (Å²) in [6, 6.07) is 2.80. The molecule has 1 aromatic carbocycles. The first-order valence-corrected chi connectivity index (χ1v) is 4.75. The first-order chi connectivity index (χ1) is 7.60. The van der Waals surface area contributed by atoms with Crippen LogP contribution >= 0.6 is 0 Å². The average Bonchev–Trinajstić information content (AvgIpc) is 2.28. The van der Waals surface area contributed by atoms with E-state index in [-0.39, 0.29) is 5.75 Å². The van der Waals surface area contributed by atoms with Crippen LogP contribution in [0.3, 0.4) is 0 Å². The topological polar surface area (TPSA) is 55.8 Å². The number of rotatable bonds is 4. The summed E-state index contributed by atoms with van der Waals surface area (Å²) in [7, 11) is 1.29. The number of phenols is 1. The molecular formula is C12H14O4. The lowest BCUT2D eigenvalue weighted by atomic mass is 10.1. The molecule has 16 heavy (non-hydrogen) atoms. The van der Waals surface area contributed by atoms with Crippen LogP contribution in [0.5, 0.6) is 11.5 Å². The molecule has 0 aliphatic carbocycles. The zero-order valence-corrected chi connectivity index (χ0v) is 9.32. The van der Waals surface area contributed by atoms with E-state index in [9.17, 15) is 9.90 Å². The number of esters is 1. The minimum absolute atomic E-state index is 0.0370. The third kappa shape index (κ3) is 2.53. The number of methoxy groups -OCH3 is 1. The number of benzene rings is 1. The van der Waals surface area contributed by atoms with E-state index in [1.165, 1.54) is 19.2 Å². The lowest BCUT2D eigenvalue weighted by molar-refractivity contribution is 0.0599.